The molecule has 4 aliphatic carbocycles. The molecule has 17 heteroatoms. The first kappa shape index (κ1) is 47.3. The molecule has 0 amide bonds. The van der Waals surface area contributed by atoms with E-state index in [0.29, 0.717) is 25.2 Å². The minimum Gasteiger partial charge on any atom is -0.394 e. The second-order valence-corrected chi connectivity index (χ2v) is 20.7. The van der Waals surface area contributed by atoms with Crippen LogP contribution in [0.2, 0.25) is 0 Å². The molecule has 0 unspecified atom stereocenters. The van der Waals surface area contributed by atoms with E-state index in [9.17, 15) is 50.8 Å². The second-order valence-electron chi connectivity index (χ2n) is 20.7. The Bertz CT molecular complexity index is 1620. The SMILES string of the molecule is C[C@@H]([C@H]1CC[C@H]2C3=CC(=O)[C@H]4C[C@@H](O[C@@H]5O[C@H](CO)[C@@H](O)[C@H](O)[C@H]5O[C@@H]5O[C@@H](C)[C@H](O)[C@@H](O)[C@H]5O)CC[C@]4(C)[C@H]3CC[C@]12C)[C@H]1CC[C@H](C)[C@@H](O[C@@H]2O[C@@H](C)[C@H](O)[C@@H](O)[C@H]2O)O1. The first-order valence-electron chi connectivity index (χ1n) is 23.2. The largest absolute Gasteiger partial charge is 0.394 e. The van der Waals surface area contributed by atoms with Crippen molar-refractivity contribution < 1.29 is 83.9 Å². The van der Waals surface area contributed by atoms with Crippen molar-refractivity contribution in [3.8, 4) is 0 Å². The topological polar surface area (TPSA) is 264 Å². The molecule has 0 radical (unpaired) electrons. The highest BCUT2D eigenvalue weighted by Crippen LogP contribution is 2.67. The monoisotopic (exact) mass is 884 g/mol. The molecule has 9 N–H and O–H groups in total. The standard InChI is InChI=1S/C45H72O17/c1-18-7-10-29(59-40(18)62-42-38(55)35(52)32(49)21(4)57-42)19(2)24-8-9-25-23-16-28(47)27-15-22(11-13-45(27,6)26(23)12-14-44(24,25)5)58-43-39(36(53)33(50)30(17-46)60-43)61-41-37(54)34(51)31(48)20(3)56-41/h16,18-22,24-27,29-43,46,48-55H,7-15,17H2,1-6H3/t18-,19-,20-,21-,22-,24+,25-,26-,27+,29+,30+,31-,32-,33+,34+,35+,36-,37+,38+,39+,40+,41-,42-,43+,44+,45+/m0/s1. The Morgan fingerprint density at radius 3 is 1.89 bits per heavy atom. The van der Waals surface area contributed by atoms with Gasteiger partial charge in [-0.3, -0.25) is 4.79 Å². The summed E-state index contributed by atoms with van der Waals surface area (Å²) in [6, 6.07) is 0. The molecule has 26 atom stereocenters. The second kappa shape index (κ2) is 18.1. The number of ether oxygens (including phenoxy) is 7. The van der Waals surface area contributed by atoms with Gasteiger partial charge in [-0.2, -0.15) is 0 Å². The van der Waals surface area contributed by atoms with Crippen molar-refractivity contribution in [1.29, 1.82) is 0 Å². The van der Waals surface area contributed by atoms with Gasteiger partial charge in [0.25, 0.3) is 0 Å². The van der Waals surface area contributed by atoms with E-state index < -0.39 is 111 Å². The predicted molar refractivity (Wildman–Crippen MR) is 215 cm³/mol. The Kier molecular flexibility index (Phi) is 13.8. The average molecular weight is 885 g/mol. The molecule has 4 heterocycles. The number of rotatable bonds is 9. The summed E-state index contributed by atoms with van der Waals surface area (Å²) in [4.78, 5) is 14.4. The van der Waals surface area contributed by atoms with Gasteiger partial charge in [-0.15, -0.1) is 0 Å². The Balaban J connectivity index is 0.936. The number of aliphatic hydroxyl groups excluding tert-OH is 9. The van der Waals surface area contributed by atoms with Gasteiger partial charge in [0.1, 0.15) is 61.0 Å². The summed E-state index contributed by atoms with van der Waals surface area (Å²) < 4.78 is 42.6. The smallest absolute Gasteiger partial charge is 0.189 e. The Labute approximate surface area is 363 Å². The number of aliphatic hydroxyl groups is 9. The van der Waals surface area contributed by atoms with E-state index in [4.69, 9.17) is 33.2 Å². The van der Waals surface area contributed by atoms with Gasteiger partial charge >= 0.3 is 0 Å². The fourth-order valence-corrected chi connectivity index (χ4v) is 13.1. The summed E-state index contributed by atoms with van der Waals surface area (Å²) in [5, 5.41) is 94.4. The molecule has 0 spiro atoms. The maximum Gasteiger partial charge on any atom is 0.189 e. The number of ketones is 1. The van der Waals surface area contributed by atoms with Gasteiger partial charge in [0, 0.05) is 11.8 Å². The van der Waals surface area contributed by atoms with Gasteiger partial charge in [0.2, 0.25) is 0 Å². The number of carbonyl (C=O) groups is 1. The normalized spacial score (nSPS) is 55.1. The van der Waals surface area contributed by atoms with Crippen molar-refractivity contribution in [1.82, 2.24) is 0 Å². The van der Waals surface area contributed by atoms with Crippen molar-refractivity contribution in [3.63, 3.8) is 0 Å². The molecule has 17 nitrogen and oxygen atoms in total. The summed E-state index contributed by atoms with van der Waals surface area (Å²) >= 11 is 0. The zero-order valence-electron chi connectivity index (χ0n) is 36.8. The van der Waals surface area contributed by atoms with E-state index in [-0.39, 0.29) is 52.3 Å². The third kappa shape index (κ3) is 8.19. The van der Waals surface area contributed by atoms with Crippen molar-refractivity contribution in [2.24, 2.45) is 46.3 Å². The molecule has 4 saturated heterocycles. The average Bonchev–Trinajstić information content (AvgIpc) is 3.60. The van der Waals surface area contributed by atoms with E-state index in [2.05, 4.69) is 20.8 Å². The van der Waals surface area contributed by atoms with Crippen LogP contribution in [0.25, 0.3) is 0 Å². The van der Waals surface area contributed by atoms with Crippen LogP contribution in [0.4, 0.5) is 0 Å². The predicted octanol–water partition coefficient (Wildman–Crippen LogP) is 0.403. The molecular weight excluding hydrogens is 812 g/mol. The Morgan fingerprint density at radius 1 is 0.629 bits per heavy atom. The van der Waals surface area contributed by atoms with Crippen LogP contribution in [-0.2, 0) is 38.0 Å². The van der Waals surface area contributed by atoms with Crippen LogP contribution in [-0.4, -0.2) is 169 Å². The molecule has 8 rings (SSSR count). The summed E-state index contributed by atoms with van der Waals surface area (Å²) in [5.41, 5.74) is 0.899. The fourth-order valence-electron chi connectivity index (χ4n) is 13.1. The quantitative estimate of drug-likeness (QED) is 0.152. The molecule has 0 aromatic rings. The van der Waals surface area contributed by atoms with Gasteiger partial charge < -0.3 is 79.1 Å². The van der Waals surface area contributed by atoms with Gasteiger partial charge in [0.05, 0.1) is 31.0 Å². The number of hydrogen-bond donors (Lipinski definition) is 9. The van der Waals surface area contributed by atoms with Crippen molar-refractivity contribution >= 4 is 5.78 Å². The van der Waals surface area contributed by atoms with Crippen LogP contribution in [0.15, 0.2) is 11.6 Å². The highest BCUT2D eigenvalue weighted by molar-refractivity contribution is 5.94. The van der Waals surface area contributed by atoms with Crippen molar-refractivity contribution in [2.75, 3.05) is 6.61 Å². The molecule has 4 aliphatic heterocycles. The lowest BCUT2D eigenvalue weighted by Crippen LogP contribution is -2.64. The van der Waals surface area contributed by atoms with Crippen LogP contribution < -0.4 is 0 Å². The van der Waals surface area contributed by atoms with Gasteiger partial charge in [-0.05, 0) is 112 Å². The third-order valence-corrected chi connectivity index (χ3v) is 17.2. The Morgan fingerprint density at radius 2 is 1.24 bits per heavy atom. The molecule has 8 aliphatic rings. The van der Waals surface area contributed by atoms with E-state index in [1.165, 1.54) is 12.5 Å². The fraction of sp³-hybridized carbons (Fsp3) is 0.933. The third-order valence-electron chi connectivity index (χ3n) is 17.2. The maximum atomic E-state index is 14.4. The van der Waals surface area contributed by atoms with Crippen LogP contribution in [0.5, 0.6) is 0 Å². The lowest BCUT2D eigenvalue weighted by Gasteiger charge is -2.57. The highest BCUT2D eigenvalue weighted by Gasteiger charge is 2.61. The molecule has 354 valence electrons. The minimum atomic E-state index is -1.68. The van der Waals surface area contributed by atoms with E-state index >= 15 is 0 Å². The number of fused-ring (bicyclic) bond motifs is 5. The molecular formula is C45H72O17. The summed E-state index contributed by atoms with van der Waals surface area (Å²) in [7, 11) is 0. The molecule has 0 aromatic carbocycles. The number of allylic oxidation sites excluding steroid dienone is 2. The zero-order chi connectivity index (χ0) is 44.7. The summed E-state index contributed by atoms with van der Waals surface area (Å²) in [6.07, 6.45) is -12.1. The van der Waals surface area contributed by atoms with Gasteiger partial charge in [0.15, 0.2) is 30.9 Å². The van der Waals surface area contributed by atoms with Crippen molar-refractivity contribution in [3.05, 3.63) is 11.6 Å². The van der Waals surface area contributed by atoms with E-state index in [0.717, 1.165) is 38.5 Å². The maximum absolute atomic E-state index is 14.4. The van der Waals surface area contributed by atoms with E-state index in [1.54, 1.807) is 6.92 Å². The van der Waals surface area contributed by atoms with Crippen LogP contribution >= 0.6 is 0 Å². The Hall–Kier alpha value is -1.23. The lowest BCUT2D eigenvalue weighted by atomic mass is 9.47. The molecule has 0 aromatic heterocycles. The van der Waals surface area contributed by atoms with Crippen LogP contribution in [0.1, 0.15) is 99.3 Å². The van der Waals surface area contributed by atoms with Gasteiger partial charge in [-0.1, -0.05) is 33.3 Å². The summed E-state index contributed by atoms with van der Waals surface area (Å²) in [6.45, 7) is 11.4. The van der Waals surface area contributed by atoms with Crippen molar-refractivity contribution in [2.45, 2.75) is 210 Å². The van der Waals surface area contributed by atoms with Crippen LogP contribution in [0.3, 0.4) is 0 Å². The lowest BCUT2D eigenvalue weighted by molar-refractivity contribution is -0.370. The highest BCUT2D eigenvalue weighted by atomic mass is 16.8. The van der Waals surface area contributed by atoms with Crippen LogP contribution in [0, 0.1) is 46.3 Å². The first-order valence-corrected chi connectivity index (χ1v) is 23.2. The number of carbonyl (C=O) groups excluding carboxylic acids is 1. The van der Waals surface area contributed by atoms with Gasteiger partial charge in [-0.25, -0.2) is 0 Å². The number of hydrogen-bond acceptors (Lipinski definition) is 17. The molecule has 7 fully saturated rings. The summed E-state index contributed by atoms with van der Waals surface area (Å²) in [5.74, 6) is 0.751. The zero-order valence-corrected chi connectivity index (χ0v) is 36.8. The molecule has 0 bridgehead atoms. The molecule has 3 saturated carbocycles. The van der Waals surface area contributed by atoms with E-state index in [1.807, 2.05) is 13.0 Å². The first-order chi connectivity index (χ1) is 29.3. The minimum absolute atomic E-state index is 0.0327. The molecule has 62 heavy (non-hydrogen) atoms.